The first-order chi connectivity index (χ1) is 21.6. The van der Waals surface area contributed by atoms with Gasteiger partial charge in [0.25, 0.3) is 0 Å². The fourth-order valence-electron chi connectivity index (χ4n) is 4.81. The third-order valence-electron chi connectivity index (χ3n) is 7.20. The standard InChI is InChI=1S/C34H32ClN7O2S/c1-21-12-17-25(26(43)18-21)32-39-38-29-10-7-11-31(41(29)32)45-27-9-6-5-8-22(27)20-36-33(44)37-30-19-28(34(2,3)4)40-42(30)24-15-13-23(35)14-16-24/h5-19,43H,20H2,1-4H3,(H2,36,37,44). The van der Waals surface area contributed by atoms with E-state index in [0.717, 1.165) is 32.4 Å². The third-order valence-corrected chi connectivity index (χ3v) is 8.60. The van der Waals surface area contributed by atoms with Crippen LogP contribution >= 0.6 is 23.4 Å². The molecule has 0 fully saturated rings. The summed E-state index contributed by atoms with van der Waals surface area (Å²) < 4.78 is 3.64. The highest BCUT2D eigenvalue weighted by atomic mass is 35.5. The predicted molar refractivity (Wildman–Crippen MR) is 179 cm³/mol. The summed E-state index contributed by atoms with van der Waals surface area (Å²) in [5.74, 6) is 1.24. The molecule has 0 saturated carbocycles. The SMILES string of the molecule is Cc1ccc(-c2nnc3cccc(Sc4ccccc4CNC(=O)Nc4cc(C(C)(C)C)nn4-c4ccc(Cl)cc4)n23)c(O)c1. The van der Waals surface area contributed by atoms with Crippen molar-refractivity contribution in [1.29, 1.82) is 0 Å². The van der Waals surface area contributed by atoms with E-state index in [-0.39, 0.29) is 17.2 Å². The van der Waals surface area contributed by atoms with Crippen molar-refractivity contribution in [2.45, 2.75) is 49.6 Å². The average molecular weight is 638 g/mol. The Hall–Kier alpha value is -4.80. The molecule has 0 saturated heterocycles. The Morgan fingerprint density at radius 2 is 1.73 bits per heavy atom. The van der Waals surface area contributed by atoms with Crippen LogP contribution in [0.3, 0.4) is 0 Å². The van der Waals surface area contributed by atoms with E-state index >= 15 is 0 Å². The van der Waals surface area contributed by atoms with Gasteiger partial charge in [0.15, 0.2) is 11.5 Å². The first kappa shape index (κ1) is 30.2. The molecular weight excluding hydrogens is 606 g/mol. The quantitative estimate of drug-likeness (QED) is 0.164. The van der Waals surface area contributed by atoms with Crippen molar-refractivity contribution in [2.75, 3.05) is 5.32 Å². The third kappa shape index (κ3) is 6.52. The summed E-state index contributed by atoms with van der Waals surface area (Å²) in [5, 5.41) is 31.6. The van der Waals surface area contributed by atoms with Gasteiger partial charge in [-0.3, -0.25) is 9.72 Å². The van der Waals surface area contributed by atoms with Gasteiger partial charge in [0.2, 0.25) is 0 Å². The summed E-state index contributed by atoms with van der Waals surface area (Å²) in [6, 6.07) is 28.0. The molecule has 0 atom stereocenters. The second-order valence-corrected chi connectivity index (χ2v) is 13.2. The molecule has 0 radical (unpaired) electrons. The molecule has 6 rings (SSSR count). The second-order valence-electron chi connectivity index (χ2n) is 11.7. The number of rotatable bonds is 7. The number of urea groups is 1. The van der Waals surface area contributed by atoms with Crippen LogP contribution in [-0.2, 0) is 12.0 Å². The van der Waals surface area contributed by atoms with Crippen molar-refractivity contribution < 1.29 is 9.90 Å². The molecule has 3 N–H and O–H groups in total. The lowest BCUT2D eigenvalue weighted by atomic mass is 9.92. The van der Waals surface area contributed by atoms with Crippen LogP contribution < -0.4 is 10.6 Å². The monoisotopic (exact) mass is 637 g/mol. The number of nitrogens with zero attached hydrogens (tertiary/aromatic N) is 5. The zero-order valence-electron chi connectivity index (χ0n) is 25.2. The van der Waals surface area contributed by atoms with E-state index in [1.165, 1.54) is 11.8 Å². The van der Waals surface area contributed by atoms with Crippen LogP contribution in [0.5, 0.6) is 5.75 Å². The highest BCUT2D eigenvalue weighted by Crippen LogP contribution is 2.35. The lowest BCUT2D eigenvalue weighted by Crippen LogP contribution is -2.29. The van der Waals surface area contributed by atoms with Crippen molar-refractivity contribution >= 4 is 40.9 Å². The highest BCUT2D eigenvalue weighted by molar-refractivity contribution is 7.99. The molecule has 2 amide bonds. The second kappa shape index (κ2) is 12.3. The lowest BCUT2D eigenvalue weighted by Gasteiger charge is -2.14. The number of carbonyl (C=O) groups excluding carboxylic acids is 1. The number of phenols is 1. The number of aryl methyl sites for hydroxylation is 1. The van der Waals surface area contributed by atoms with Crippen LogP contribution in [0.15, 0.2) is 101 Å². The van der Waals surface area contributed by atoms with E-state index < -0.39 is 0 Å². The molecule has 6 aromatic rings. The number of phenolic OH excluding ortho intramolecular Hbond substituents is 1. The predicted octanol–water partition coefficient (Wildman–Crippen LogP) is 8.02. The molecule has 3 heterocycles. The molecule has 3 aromatic carbocycles. The molecule has 0 bridgehead atoms. The Balaban J connectivity index is 1.23. The van der Waals surface area contributed by atoms with Crippen LogP contribution in [-0.4, -0.2) is 35.5 Å². The van der Waals surface area contributed by atoms with E-state index in [0.29, 0.717) is 34.4 Å². The number of amides is 2. The topological polar surface area (TPSA) is 109 Å². The molecule has 3 aromatic heterocycles. The maximum atomic E-state index is 13.2. The molecule has 0 spiro atoms. The number of hydrogen-bond donors (Lipinski definition) is 3. The molecule has 228 valence electrons. The van der Waals surface area contributed by atoms with Crippen molar-refractivity contribution in [2.24, 2.45) is 0 Å². The Labute approximate surface area is 270 Å². The van der Waals surface area contributed by atoms with E-state index in [2.05, 4.69) is 41.6 Å². The molecule has 0 aliphatic carbocycles. The minimum atomic E-state index is -0.358. The fourth-order valence-corrected chi connectivity index (χ4v) is 6.00. The minimum Gasteiger partial charge on any atom is -0.507 e. The number of pyridine rings is 1. The highest BCUT2D eigenvalue weighted by Gasteiger charge is 2.22. The zero-order valence-corrected chi connectivity index (χ0v) is 26.8. The van der Waals surface area contributed by atoms with Gasteiger partial charge in [-0.1, -0.05) is 74.5 Å². The van der Waals surface area contributed by atoms with Crippen molar-refractivity contribution in [3.8, 4) is 22.8 Å². The van der Waals surface area contributed by atoms with Crippen molar-refractivity contribution in [3.05, 3.63) is 113 Å². The van der Waals surface area contributed by atoms with E-state index in [1.54, 1.807) is 22.9 Å². The summed E-state index contributed by atoms with van der Waals surface area (Å²) in [6.45, 7) is 8.45. The van der Waals surface area contributed by atoms with Gasteiger partial charge in [-0.25, -0.2) is 9.48 Å². The number of anilines is 1. The molecular formula is C34H32ClN7O2S. The van der Waals surface area contributed by atoms with E-state index in [9.17, 15) is 9.90 Å². The van der Waals surface area contributed by atoms with Gasteiger partial charge in [0.05, 0.1) is 22.0 Å². The largest absolute Gasteiger partial charge is 0.507 e. The lowest BCUT2D eigenvalue weighted by molar-refractivity contribution is 0.251. The minimum absolute atomic E-state index is 0.145. The van der Waals surface area contributed by atoms with Gasteiger partial charge in [-0.15, -0.1) is 10.2 Å². The van der Waals surface area contributed by atoms with Gasteiger partial charge >= 0.3 is 6.03 Å². The van der Waals surface area contributed by atoms with Gasteiger partial charge in [0.1, 0.15) is 11.6 Å². The Kier molecular flexibility index (Phi) is 8.26. The van der Waals surface area contributed by atoms with Gasteiger partial charge in [-0.2, -0.15) is 5.10 Å². The number of hydrogen-bond acceptors (Lipinski definition) is 6. The maximum absolute atomic E-state index is 13.2. The fraction of sp³-hybridized carbons (Fsp3) is 0.176. The van der Waals surface area contributed by atoms with Crippen LogP contribution in [0.1, 0.15) is 37.6 Å². The van der Waals surface area contributed by atoms with Gasteiger partial charge in [-0.05, 0) is 72.6 Å². The van der Waals surface area contributed by atoms with Gasteiger partial charge < -0.3 is 10.4 Å². The number of aromatic hydroxyl groups is 1. The number of carbonyl (C=O) groups is 1. The number of aromatic nitrogens is 5. The molecule has 45 heavy (non-hydrogen) atoms. The Bertz CT molecular complexity index is 2010. The summed E-state index contributed by atoms with van der Waals surface area (Å²) in [4.78, 5) is 14.2. The zero-order chi connectivity index (χ0) is 31.7. The maximum Gasteiger partial charge on any atom is 0.320 e. The van der Waals surface area contributed by atoms with Crippen LogP contribution in [0, 0.1) is 6.92 Å². The smallest absolute Gasteiger partial charge is 0.320 e. The van der Waals surface area contributed by atoms with Crippen molar-refractivity contribution in [1.82, 2.24) is 29.7 Å². The summed E-state index contributed by atoms with van der Waals surface area (Å²) in [6.07, 6.45) is 0. The summed E-state index contributed by atoms with van der Waals surface area (Å²) in [7, 11) is 0. The van der Waals surface area contributed by atoms with Crippen molar-refractivity contribution in [3.63, 3.8) is 0 Å². The van der Waals surface area contributed by atoms with Gasteiger partial charge in [0, 0.05) is 27.9 Å². The van der Waals surface area contributed by atoms with Crippen LogP contribution in [0.25, 0.3) is 22.7 Å². The Morgan fingerprint density at radius 1 is 0.956 bits per heavy atom. The molecule has 0 unspecified atom stereocenters. The molecule has 0 aliphatic rings. The van der Waals surface area contributed by atoms with Crippen LogP contribution in [0.2, 0.25) is 5.02 Å². The van der Waals surface area contributed by atoms with Crippen LogP contribution in [0.4, 0.5) is 10.6 Å². The average Bonchev–Trinajstić information content (AvgIpc) is 3.63. The Morgan fingerprint density at radius 3 is 2.49 bits per heavy atom. The number of nitrogens with one attached hydrogen (secondary N) is 2. The summed E-state index contributed by atoms with van der Waals surface area (Å²) >= 11 is 7.64. The molecule has 0 aliphatic heterocycles. The normalized spacial score (nSPS) is 11.6. The number of fused-ring (bicyclic) bond motifs is 1. The molecule has 11 heteroatoms. The van der Waals surface area contributed by atoms with E-state index in [4.69, 9.17) is 16.7 Å². The first-order valence-corrected chi connectivity index (χ1v) is 15.6. The number of halogens is 1. The summed E-state index contributed by atoms with van der Waals surface area (Å²) in [5.41, 5.74) is 4.56. The van der Waals surface area contributed by atoms with E-state index in [1.807, 2.05) is 84.1 Å². The molecule has 9 nitrogen and oxygen atoms in total. The number of benzene rings is 3. The first-order valence-electron chi connectivity index (χ1n) is 14.4.